The van der Waals surface area contributed by atoms with E-state index in [1.165, 1.54) is 10.4 Å². The predicted octanol–water partition coefficient (Wildman–Crippen LogP) is 9.47. The Morgan fingerprint density at radius 2 is 1.47 bits per heavy atom. The van der Waals surface area contributed by atoms with E-state index in [9.17, 15) is 4.79 Å². The van der Waals surface area contributed by atoms with Crippen molar-refractivity contribution in [3.05, 3.63) is 122 Å². The molecule has 5 nitrogen and oxygen atoms in total. The van der Waals surface area contributed by atoms with Gasteiger partial charge in [-0.05, 0) is 86.2 Å². The first-order valence-corrected chi connectivity index (χ1v) is 19.9. The summed E-state index contributed by atoms with van der Waals surface area (Å²) in [6.45, 7) is 22.7. The maximum absolute atomic E-state index is 14.1. The SMILES string of the molecule is C=CCC[C@@H](CCCO[Si](c1ccccc1)(c1ccccc1)C(C)(C)C)[C@]1(C=C)CC[C@@H](COCc2ccccc2)N1C(=O)OC(C)(C)C. The van der Waals surface area contributed by atoms with Crippen molar-refractivity contribution in [1.29, 1.82) is 0 Å². The highest BCUT2D eigenvalue weighted by Gasteiger charge is 2.53. The number of nitrogens with zero attached hydrogens (tertiary/aromatic N) is 1. The second-order valence-electron chi connectivity index (χ2n) is 15.5. The molecule has 49 heavy (non-hydrogen) atoms. The number of hydrogen-bond acceptors (Lipinski definition) is 4. The predicted molar refractivity (Wildman–Crippen MR) is 206 cm³/mol. The quantitative estimate of drug-likeness (QED) is 0.0859. The topological polar surface area (TPSA) is 48.0 Å². The first-order valence-electron chi connectivity index (χ1n) is 18.0. The molecular weight excluding hydrogens is 623 g/mol. The molecule has 264 valence electrons. The van der Waals surface area contributed by atoms with Crippen LogP contribution in [-0.2, 0) is 20.5 Å². The van der Waals surface area contributed by atoms with E-state index in [0.717, 1.165) is 44.1 Å². The van der Waals surface area contributed by atoms with E-state index in [-0.39, 0.29) is 23.1 Å². The third-order valence-electron chi connectivity index (χ3n) is 9.92. The molecular formula is C43H59NO4Si. The average Bonchev–Trinajstić information content (AvgIpc) is 3.45. The smallest absolute Gasteiger partial charge is 0.411 e. The second-order valence-corrected chi connectivity index (χ2v) is 19.8. The molecule has 3 aromatic carbocycles. The Hall–Kier alpha value is -3.45. The molecule has 0 spiro atoms. The molecule has 3 aromatic rings. The van der Waals surface area contributed by atoms with Crippen LogP contribution < -0.4 is 10.4 Å². The number of carbonyl (C=O) groups is 1. The molecule has 6 heteroatoms. The molecule has 1 heterocycles. The fourth-order valence-electron chi connectivity index (χ4n) is 7.71. The minimum atomic E-state index is -2.65. The molecule has 1 aliphatic heterocycles. The monoisotopic (exact) mass is 681 g/mol. The number of amides is 1. The Morgan fingerprint density at radius 3 is 1.98 bits per heavy atom. The molecule has 0 N–H and O–H groups in total. The molecule has 4 rings (SSSR count). The highest BCUT2D eigenvalue weighted by Crippen LogP contribution is 2.46. The van der Waals surface area contributed by atoms with Gasteiger partial charge in [0.25, 0.3) is 8.32 Å². The van der Waals surface area contributed by atoms with Gasteiger partial charge in [0.05, 0.1) is 24.8 Å². The molecule has 0 aliphatic carbocycles. The van der Waals surface area contributed by atoms with Crippen molar-refractivity contribution in [3.63, 3.8) is 0 Å². The lowest BCUT2D eigenvalue weighted by atomic mass is 9.76. The van der Waals surface area contributed by atoms with Crippen LogP contribution in [0.2, 0.25) is 5.04 Å². The molecule has 0 radical (unpaired) electrons. The number of allylic oxidation sites excluding steroid dienone is 1. The third-order valence-corrected chi connectivity index (χ3v) is 15.0. The van der Waals surface area contributed by atoms with Gasteiger partial charge in [-0.3, -0.25) is 4.90 Å². The summed E-state index contributed by atoms with van der Waals surface area (Å²) in [5.41, 5.74) is -0.0738. The summed E-state index contributed by atoms with van der Waals surface area (Å²) in [6, 6.07) is 31.7. The van der Waals surface area contributed by atoms with Gasteiger partial charge in [-0.25, -0.2) is 4.79 Å². The average molecular weight is 682 g/mol. The molecule has 1 saturated heterocycles. The molecule has 3 atom stereocenters. The summed E-state index contributed by atoms with van der Waals surface area (Å²) in [5, 5.41) is 2.47. The van der Waals surface area contributed by atoms with Crippen LogP contribution >= 0.6 is 0 Å². The Morgan fingerprint density at radius 1 is 0.898 bits per heavy atom. The van der Waals surface area contributed by atoms with Crippen molar-refractivity contribution in [2.75, 3.05) is 13.2 Å². The van der Waals surface area contributed by atoms with E-state index in [0.29, 0.717) is 19.8 Å². The number of rotatable bonds is 16. The lowest BCUT2D eigenvalue weighted by Gasteiger charge is -2.45. The number of carbonyl (C=O) groups excluding carboxylic acids is 1. The van der Waals surface area contributed by atoms with E-state index >= 15 is 0 Å². The Bertz CT molecular complexity index is 1420. The van der Waals surface area contributed by atoms with Gasteiger partial charge in [-0.2, -0.15) is 0 Å². The van der Waals surface area contributed by atoms with Crippen LogP contribution in [0, 0.1) is 5.92 Å². The van der Waals surface area contributed by atoms with Crippen LogP contribution in [0.5, 0.6) is 0 Å². The summed E-state index contributed by atoms with van der Waals surface area (Å²) < 4.78 is 19.6. The van der Waals surface area contributed by atoms with Crippen LogP contribution in [-0.4, -0.2) is 49.7 Å². The van der Waals surface area contributed by atoms with Gasteiger partial charge in [0.2, 0.25) is 0 Å². The molecule has 1 fully saturated rings. The van der Waals surface area contributed by atoms with E-state index in [2.05, 4.69) is 107 Å². The van der Waals surface area contributed by atoms with E-state index in [4.69, 9.17) is 13.9 Å². The van der Waals surface area contributed by atoms with Gasteiger partial charge >= 0.3 is 6.09 Å². The Labute approximate surface area is 297 Å². The summed E-state index contributed by atoms with van der Waals surface area (Å²) >= 11 is 0. The lowest BCUT2D eigenvalue weighted by Crippen LogP contribution is -2.66. The zero-order valence-electron chi connectivity index (χ0n) is 30.8. The van der Waals surface area contributed by atoms with Crippen molar-refractivity contribution in [1.82, 2.24) is 4.90 Å². The van der Waals surface area contributed by atoms with Gasteiger partial charge in [-0.15, -0.1) is 13.2 Å². The zero-order valence-corrected chi connectivity index (χ0v) is 31.8. The maximum atomic E-state index is 14.1. The van der Waals surface area contributed by atoms with Gasteiger partial charge in [0.1, 0.15) is 5.60 Å². The summed E-state index contributed by atoms with van der Waals surface area (Å²) in [4.78, 5) is 16.1. The summed E-state index contributed by atoms with van der Waals surface area (Å²) in [6.07, 6.45) is 8.83. The van der Waals surface area contributed by atoms with Crippen LogP contribution in [0.25, 0.3) is 0 Å². The standard InChI is InChI=1S/C43H59NO4Si/c1-9-11-24-36(25-21-32-47-49(42(6,7)8,38-26-17-13-18-27-38)39-28-19-14-20-29-39)43(10-2)31-30-37(44(43)40(45)48-41(3,4)5)34-46-33-35-22-15-12-16-23-35/h9-10,12-20,22-23,26-29,36-37H,1-2,11,21,24-25,30-34H2,3-8H3/t36-,37-,43-/m0/s1. The zero-order chi connectivity index (χ0) is 35.5. The molecule has 1 aliphatic rings. The maximum Gasteiger partial charge on any atom is 0.411 e. The Balaban J connectivity index is 1.60. The minimum absolute atomic E-state index is 0.0910. The highest BCUT2D eigenvalue weighted by molar-refractivity contribution is 6.99. The lowest BCUT2D eigenvalue weighted by molar-refractivity contribution is -0.0214. The second kappa shape index (κ2) is 17.0. The Kier molecular flexibility index (Phi) is 13.3. The largest absolute Gasteiger partial charge is 0.444 e. The van der Waals surface area contributed by atoms with Gasteiger partial charge < -0.3 is 13.9 Å². The normalized spacial score (nSPS) is 19.0. The molecule has 0 bridgehead atoms. The summed E-state index contributed by atoms with van der Waals surface area (Å²) in [5.74, 6) is 0.150. The molecule has 0 aromatic heterocycles. The molecule has 1 amide bonds. The fraction of sp³-hybridized carbons (Fsp3) is 0.465. The van der Waals surface area contributed by atoms with Crippen molar-refractivity contribution in [2.24, 2.45) is 5.92 Å². The van der Waals surface area contributed by atoms with Gasteiger partial charge in [0, 0.05) is 6.61 Å². The number of likely N-dealkylation sites (tertiary alicyclic amines) is 1. The number of ether oxygens (including phenoxy) is 2. The fourth-order valence-corrected chi connectivity index (χ4v) is 12.3. The first-order chi connectivity index (χ1) is 23.4. The highest BCUT2D eigenvalue weighted by atomic mass is 28.4. The third kappa shape index (κ3) is 9.21. The van der Waals surface area contributed by atoms with Crippen molar-refractivity contribution in [2.45, 2.75) is 109 Å². The minimum Gasteiger partial charge on any atom is -0.444 e. The molecule has 0 unspecified atom stereocenters. The number of hydrogen-bond donors (Lipinski definition) is 0. The molecule has 0 saturated carbocycles. The van der Waals surface area contributed by atoms with Crippen molar-refractivity contribution >= 4 is 24.8 Å². The number of benzene rings is 3. The van der Waals surface area contributed by atoms with Crippen molar-refractivity contribution in [3.8, 4) is 0 Å². The van der Waals surface area contributed by atoms with E-state index < -0.39 is 19.5 Å². The van der Waals surface area contributed by atoms with Crippen molar-refractivity contribution < 1.29 is 18.7 Å². The van der Waals surface area contributed by atoms with Gasteiger partial charge in [0.15, 0.2) is 0 Å². The summed E-state index contributed by atoms with van der Waals surface area (Å²) in [7, 11) is -2.65. The van der Waals surface area contributed by atoms with E-state index in [1.54, 1.807) is 0 Å². The van der Waals surface area contributed by atoms with Crippen LogP contribution in [0.15, 0.2) is 116 Å². The van der Waals surface area contributed by atoms with E-state index in [1.807, 2.05) is 56.0 Å². The van der Waals surface area contributed by atoms with Crippen LogP contribution in [0.1, 0.15) is 85.6 Å². The van der Waals surface area contributed by atoms with Crippen LogP contribution in [0.4, 0.5) is 4.79 Å². The van der Waals surface area contributed by atoms with Crippen LogP contribution in [0.3, 0.4) is 0 Å². The first kappa shape index (κ1) is 38.4. The van der Waals surface area contributed by atoms with Gasteiger partial charge in [-0.1, -0.05) is 124 Å².